The summed E-state index contributed by atoms with van der Waals surface area (Å²) in [5.41, 5.74) is 8.87. The van der Waals surface area contributed by atoms with Crippen LogP contribution in [0.1, 0.15) is 20.7 Å². The number of carbonyl (C=O) groups excluding carboxylic acids is 2. The van der Waals surface area contributed by atoms with Crippen molar-refractivity contribution in [1.82, 2.24) is 0 Å². The lowest BCUT2D eigenvalue weighted by molar-refractivity contribution is 0.101. The third-order valence-corrected chi connectivity index (χ3v) is 6.44. The van der Waals surface area contributed by atoms with Gasteiger partial charge in [0.1, 0.15) is 0 Å². The third kappa shape index (κ3) is 4.28. The van der Waals surface area contributed by atoms with Crippen molar-refractivity contribution in [3.8, 4) is 33.4 Å². The minimum absolute atomic E-state index is 0.162. The van der Waals surface area contributed by atoms with Crippen molar-refractivity contribution >= 4 is 23.2 Å². The quantitative estimate of drug-likeness (QED) is 0.248. The van der Waals surface area contributed by atoms with E-state index in [4.69, 9.17) is 0 Å². The van der Waals surface area contributed by atoms with E-state index in [1.807, 2.05) is 103 Å². The van der Waals surface area contributed by atoms with Gasteiger partial charge in [0.15, 0.2) is 0 Å². The van der Waals surface area contributed by atoms with Gasteiger partial charge in [-0.2, -0.15) is 0 Å². The van der Waals surface area contributed by atoms with Gasteiger partial charge in [0.05, 0.1) is 0 Å². The average Bonchev–Trinajstić information content (AvgIpc) is 2.94. The van der Waals surface area contributed by atoms with Crippen LogP contribution in [0.2, 0.25) is 0 Å². The Bertz CT molecular complexity index is 1450. The molecule has 0 saturated heterocycles. The second-order valence-corrected chi connectivity index (χ2v) is 8.80. The first-order valence-electron chi connectivity index (χ1n) is 11.8. The van der Waals surface area contributed by atoms with Gasteiger partial charge in [-0.05, 0) is 88.0 Å². The monoisotopic (exact) mass is 466 g/mol. The molecule has 10 bridgehead atoms. The lowest BCUT2D eigenvalue weighted by Crippen LogP contribution is -2.11. The van der Waals surface area contributed by atoms with Crippen LogP contribution in [0.5, 0.6) is 0 Å². The van der Waals surface area contributed by atoms with E-state index >= 15 is 0 Å². The molecule has 4 heteroatoms. The Kier molecular flexibility index (Phi) is 5.39. The van der Waals surface area contributed by atoms with Crippen molar-refractivity contribution < 1.29 is 9.59 Å². The van der Waals surface area contributed by atoms with E-state index in [1.54, 1.807) is 0 Å². The molecule has 5 aromatic rings. The number of nitrogens with one attached hydrogen (secondary N) is 2. The maximum Gasteiger partial charge on any atom is 0.255 e. The zero-order valence-electron chi connectivity index (χ0n) is 19.4. The summed E-state index contributed by atoms with van der Waals surface area (Å²) in [7, 11) is 0. The highest BCUT2D eigenvalue weighted by molar-refractivity contribution is 6.05. The molecule has 0 unspecified atom stereocenters. The molecule has 0 radical (unpaired) electrons. The van der Waals surface area contributed by atoms with Gasteiger partial charge < -0.3 is 10.6 Å². The van der Waals surface area contributed by atoms with Gasteiger partial charge in [-0.15, -0.1) is 0 Å². The highest BCUT2D eigenvalue weighted by atomic mass is 16.2. The maximum absolute atomic E-state index is 12.8. The zero-order valence-corrected chi connectivity index (χ0v) is 19.4. The normalized spacial score (nSPS) is 12.4. The van der Waals surface area contributed by atoms with Crippen LogP contribution in [0.15, 0.2) is 121 Å². The van der Waals surface area contributed by atoms with Crippen LogP contribution in [0, 0.1) is 0 Å². The number of amides is 2. The molecular formula is C32H22N2O2. The summed E-state index contributed by atoms with van der Waals surface area (Å²) in [5.74, 6) is -0.324. The molecule has 5 aromatic carbocycles. The summed E-state index contributed by atoms with van der Waals surface area (Å²) in [4.78, 5) is 25.6. The van der Waals surface area contributed by atoms with Gasteiger partial charge in [-0.3, -0.25) is 9.59 Å². The van der Waals surface area contributed by atoms with E-state index in [-0.39, 0.29) is 11.8 Å². The SMILES string of the molecule is O=C1Nc2ccc(cc2)-c2cccc(c2)-c2ccc(cc2)NC(=O)c2ccc(cc2)-c2ccc1cc2. The average molecular weight is 467 g/mol. The molecule has 0 spiro atoms. The van der Waals surface area contributed by atoms with Gasteiger partial charge >= 0.3 is 0 Å². The number of anilines is 2. The largest absolute Gasteiger partial charge is 0.322 e. The summed E-state index contributed by atoms with van der Waals surface area (Å²) in [6, 6.07) is 38.9. The predicted octanol–water partition coefficient (Wildman–Crippen LogP) is 7.51. The van der Waals surface area contributed by atoms with Crippen LogP contribution in [0.25, 0.3) is 33.4 Å². The molecule has 0 aliphatic carbocycles. The fourth-order valence-electron chi connectivity index (χ4n) is 4.40. The summed E-state index contributed by atoms with van der Waals surface area (Å²) in [5, 5.41) is 5.95. The minimum atomic E-state index is -0.162. The van der Waals surface area contributed by atoms with E-state index in [0.29, 0.717) is 11.1 Å². The zero-order chi connectivity index (χ0) is 24.5. The van der Waals surface area contributed by atoms with E-state index in [9.17, 15) is 9.59 Å². The highest BCUT2D eigenvalue weighted by Crippen LogP contribution is 2.29. The van der Waals surface area contributed by atoms with Crippen LogP contribution < -0.4 is 10.6 Å². The van der Waals surface area contributed by atoms with E-state index < -0.39 is 0 Å². The van der Waals surface area contributed by atoms with E-state index in [1.165, 1.54) is 0 Å². The minimum Gasteiger partial charge on any atom is -0.322 e. The first kappa shape index (κ1) is 21.6. The molecule has 0 aromatic heterocycles. The number of hydrogen-bond acceptors (Lipinski definition) is 2. The van der Waals surface area contributed by atoms with E-state index in [0.717, 1.165) is 44.8 Å². The van der Waals surface area contributed by atoms with Crippen molar-refractivity contribution in [1.29, 1.82) is 0 Å². The lowest BCUT2D eigenvalue weighted by atomic mass is 9.99. The number of carbonyl (C=O) groups is 2. The molecule has 4 nitrogen and oxygen atoms in total. The molecule has 0 atom stereocenters. The number of hydrogen-bond donors (Lipinski definition) is 2. The van der Waals surface area contributed by atoms with Crippen LogP contribution in [0.3, 0.4) is 0 Å². The molecule has 0 fully saturated rings. The molecule has 12 rings (SSSR count). The van der Waals surface area contributed by atoms with Crippen LogP contribution >= 0.6 is 0 Å². The molecule has 7 heterocycles. The fourth-order valence-corrected chi connectivity index (χ4v) is 4.40. The summed E-state index contributed by atoms with van der Waals surface area (Å²) in [6.07, 6.45) is 0. The smallest absolute Gasteiger partial charge is 0.255 e. The molecule has 7 aliphatic rings. The van der Waals surface area contributed by atoms with Crippen molar-refractivity contribution in [2.45, 2.75) is 0 Å². The van der Waals surface area contributed by atoms with Gasteiger partial charge in [0, 0.05) is 22.5 Å². The lowest BCUT2D eigenvalue weighted by Gasteiger charge is -2.09. The van der Waals surface area contributed by atoms with Crippen molar-refractivity contribution in [2.24, 2.45) is 0 Å². The Morgan fingerprint density at radius 1 is 0.333 bits per heavy atom. The van der Waals surface area contributed by atoms with Crippen LogP contribution in [-0.2, 0) is 0 Å². The fraction of sp³-hybridized carbons (Fsp3) is 0. The van der Waals surface area contributed by atoms with Crippen molar-refractivity contribution in [3.63, 3.8) is 0 Å². The van der Waals surface area contributed by atoms with E-state index in [2.05, 4.69) is 28.8 Å². The van der Waals surface area contributed by atoms with Crippen molar-refractivity contribution in [2.75, 3.05) is 10.6 Å². The summed E-state index contributed by atoms with van der Waals surface area (Å²) < 4.78 is 0. The maximum atomic E-state index is 12.8. The predicted molar refractivity (Wildman–Crippen MR) is 145 cm³/mol. The van der Waals surface area contributed by atoms with Gasteiger partial charge in [-0.25, -0.2) is 0 Å². The molecule has 2 N–H and O–H groups in total. The Balaban J connectivity index is 1.41. The Labute approximate surface area is 209 Å². The van der Waals surface area contributed by atoms with Gasteiger partial charge in [0.25, 0.3) is 11.8 Å². The van der Waals surface area contributed by atoms with Crippen molar-refractivity contribution in [3.05, 3.63) is 132 Å². The van der Waals surface area contributed by atoms with Crippen LogP contribution in [0.4, 0.5) is 11.4 Å². The van der Waals surface area contributed by atoms with Crippen LogP contribution in [-0.4, -0.2) is 11.8 Å². The molecule has 172 valence electrons. The topological polar surface area (TPSA) is 58.2 Å². The molecule has 36 heavy (non-hydrogen) atoms. The molecule has 0 saturated carbocycles. The number of rotatable bonds is 0. The highest BCUT2D eigenvalue weighted by Gasteiger charge is 2.10. The summed E-state index contributed by atoms with van der Waals surface area (Å²) >= 11 is 0. The Morgan fingerprint density at radius 2 is 0.639 bits per heavy atom. The molecule has 7 aliphatic heterocycles. The first-order chi connectivity index (χ1) is 17.6. The second-order valence-electron chi connectivity index (χ2n) is 8.80. The third-order valence-electron chi connectivity index (χ3n) is 6.44. The van der Waals surface area contributed by atoms with Gasteiger partial charge in [0.2, 0.25) is 0 Å². The molecular weight excluding hydrogens is 444 g/mol. The second kappa shape index (κ2) is 9.01. The Hall–Kier alpha value is -4.96. The first-order valence-corrected chi connectivity index (χ1v) is 11.8. The standard InChI is InChI=1S/C32H22N2O2/c35-31-25-8-4-21(5-9-25)22-6-10-26(11-7-22)32(36)34-30-18-14-24(15-19-30)28-3-1-2-27(20-28)23-12-16-29(33-31)17-13-23/h1-20H,(H,33,35)(H,34,36). The van der Waals surface area contributed by atoms with Gasteiger partial charge in [-0.1, -0.05) is 66.7 Å². The number of benzene rings is 5. The Morgan fingerprint density at radius 3 is 1.03 bits per heavy atom. The summed E-state index contributed by atoms with van der Waals surface area (Å²) in [6.45, 7) is 0. The molecule has 2 amide bonds.